The first kappa shape index (κ1) is 22.2. The fourth-order valence-electron chi connectivity index (χ4n) is 3.20. The molecule has 30 heavy (non-hydrogen) atoms. The quantitative estimate of drug-likeness (QED) is 0.500. The van der Waals surface area contributed by atoms with E-state index >= 15 is 0 Å². The van der Waals surface area contributed by atoms with Gasteiger partial charge in [0.1, 0.15) is 18.1 Å². The molecular formula is C23H29N3O3S. The molecule has 0 spiro atoms. The predicted octanol–water partition coefficient (Wildman–Crippen LogP) is 4.68. The normalized spacial score (nSPS) is 12.2. The monoisotopic (exact) mass is 427 g/mol. The number of aromatic nitrogens is 3. The van der Waals surface area contributed by atoms with Crippen LogP contribution in [0, 0.1) is 13.8 Å². The third-order valence-electron chi connectivity index (χ3n) is 4.76. The molecular weight excluding hydrogens is 398 g/mol. The van der Waals surface area contributed by atoms with Crippen molar-refractivity contribution in [1.29, 1.82) is 0 Å². The highest BCUT2D eigenvalue weighted by Gasteiger charge is 2.18. The number of ether oxygens (including phenoxy) is 2. The van der Waals surface area contributed by atoms with Crippen molar-refractivity contribution in [1.82, 2.24) is 14.8 Å². The lowest BCUT2D eigenvalue weighted by atomic mass is 10.1. The van der Waals surface area contributed by atoms with Crippen molar-refractivity contribution in [2.45, 2.75) is 45.0 Å². The molecule has 0 bridgehead atoms. The van der Waals surface area contributed by atoms with E-state index in [1.165, 1.54) is 11.8 Å². The minimum atomic E-state index is -0.615. The van der Waals surface area contributed by atoms with Crippen LogP contribution in [0.1, 0.15) is 31.0 Å². The number of methoxy groups -OCH3 is 1. The number of rotatable bonds is 9. The molecule has 0 aliphatic heterocycles. The Kier molecular flexibility index (Phi) is 7.39. The first-order valence-corrected chi connectivity index (χ1v) is 11.0. The van der Waals surface area contributed by atoms with Gasteiger partial charge < -0.3 is 14.6 Å². The number of hydrogen-bond donors (Lipinski definition) is 1. The summed E-state index contributed by atoms with van der Waals surface area (Å²) in [5, 5.41) is 20.0. The molecule has 0 radical (unpaired) electrons. The first-order valence-electron chi connectivity index (χ1n) is 10.00. The van der Waals surface area contributed by atoms with E-state index in [4.69, 9.17) is 9.47 Å². The van der Waals surface area contributed by atoms with E-state index in [0.717, 1.165) is 39.2 Å². The van der Waals surface area contributed by atoms with Gasteiger partial charge in [0.05, 0.1) is 13.2 Å². The molecule has 1 heterocycles. The Morgan fingerprint density at radius 2 is 1.70 bits per heavy atom. The second kappa shape index (κ2) is 10.00. The summed E-state index contributed by atoms with van der Waals surface area (Å²) in [4.78, 5) is 0. The van der Waals surface area contributed by atoms with E-state index in [2.05, 4.69) is 28.6 Å². The zero-order valence-corrected chi connectivity index (χ0v) is 18.9. The maximum absolute atomic E-state index is 10.4. The lowest BCUT2D eigenvalue weighted by Crippen LogP contribution is -2.21. The number of nitrogens with zero attached hydrogens (tertiary/aromatic N) is 3. The van der Waals surface area contributed by atoms with E-state index in [0.29, 0.717) is 5.75 Å². The highest BCUT2D eigenvalue weighted by atomic mass is 32.2. The van der Waals surface area contributed by atoms with Crippen LogP contribution in [0.25, 0.3) is 11.4 Å². The van der Waals surface area contributed by atoms with Gasteiger partial charge in [0.15, 0.2) is 11.0 Å². The van der Waals surface area contributed by atoms with Crippen LogP contribution in [0.2, 0.25) is 0 Å². The Balaban J connectivity index is 1.67. The van der Waals surface area contributed by atoms with Crippen molar-refractivity contribution in [2.75, 3.05) is 19.5 Å². The standard InChI is InChI=1S/C23H29N3O3S/c1-15(2)26-22(18-9-11-20(28-5)12-10-18)24-25-23(26)30-14-19(27)13-29-21-16(3)7-6-8-17(21)4/h6-12,15,19,27H,13-14H2,1-5H3/t19-/m1/s1. The van der Waals surface area contributed by atoms with Crippen molar-refractivity contribution in [3.05, 3.63) is 53.6 Å². The Bertz CT molecular complexity index is 950. The van der Waals surface area contributed by atoms with Crippen LogP contribution < -0.4 is 9.47 Å². The molecule has 0 amide bonds. The van der Waals surface area contributed by atoms with Gasteiger partial charge in [-0.15, -0.1) is 10.2 Å². The molecule has 2 aromatic carbocycles. The average Bonchev–Trinajstić information content (AvgIpc) is 3.16. The van der Waals surface area contributed by atoms with Crippen LogP contribution in [-0.4, -0.2) is 45.4 Å². The van der Waals surface area contributed by atoms with E-state index in [-0.39, 0.29) is 12.6 Å². The maximum atomic E-state index is 10.4. The molecule has 1 aromatic heterocycles. The average molecular weight is 428 g/mol. The molecule has 0 aliphatic rings. The summed E-state index contributed by atoms with van der Waals surface area (Å²) < 4.78 is 13.2. The highest BCUT2D eigenvalue weighted by molar-refractivity contribution is 7.99. The van der Waals surface area contributed by atoms with Crippen molar-refractivity contribution >= 4 is 11.8 Å². The predicted molar refractivity (Wildman–Crippen MR) is 121 cm³/mol. The van der Waals surface area contributed by atoms with Crippen LogP contribution in [-0.2, 0) is 0 Å². The highest BCUT2D eigenvalue weighted by Crippen LogP contribution is 2.29. The number of aryl methyl sites for hydroxylation is 2. The molecule has 0 aliphatic carbocycles. The van der Waals surface area contributed by atoms with Gasteiger partial charge in [-0.05, 0) is 63.1 Å². The van der Waals surface area contributed by atoms with Crippen molar-refractivity contribution in [3.8, 4) is 22.9 Å². The van der Waals surface area contributed by atoms with Crippen molar-refractivity contribution < 1.29 is 14.6 Å². The van der Waals surface area contributed by atoms with Crippen molar-refractivity contribution in [3.63, 3.8) is 0 Å². The van der Waals surface area contributed by atoms with Crippen LogP contribution in [0.15, 0.2) is 47.6 Å². The van der Waals surface area contributed by atoms with Crippen LogP contribution >= 0.6 is 11.8 Å². The van der Waals surface area contributed by atoms with E-state index < -0.39 is 6.10 Å². The van der Waals surface area contributed by atoms with E-state index in [1.54, 1.807) is 7.11 Å². The number of hydrogen-bond acceptors (Lipinski definition) is 6. The largest absolute Gasteiger partial charge is 0.497 e. The lowest BCUT2D eigenvalue weighted by Gasteiger charge is -2.17. The maximum Gasteiger partial charge on any atom is 0.191 e. The van der Waals surface area contributed by atoms with Gasteiger partial charge in [0.2, 0.25) is 0 Å². The third-order valence-corrected chi connectivity index (χ3v) is 5.85. The number of aliphatic hydroxyl groups is 1. The molecule has 3 aromatic rings. The molecule has 0 saturated heterocycles. The molecule has 0 fully saturated rings. The van der Waals surface area contributed by atoms with Gasteiger partial charge in [-0.1, -0.05) is 30.0 Å². The smallest absolute Gasteiger partial charge is 0.191 e. The molecule has 160 valence electrons. The minimum absolute atomic E-state index is 0.183. The Hall–Kier alpha value is -2.51. The number of para-hydroxylation sites is 1. The topological polar surface area (TPSA) is 69.4 Å². The molecule has 0 unspecified atom stereocenters. The lowest BCUT2D eigenvalue weighted by molar-refractivity contribution is 0.125. The summed E-state index contributed by atoms with van der Waals surface area (Å²) in [7, 11) is 1.65. The van der Waals surface area contributed by atoms with Gasteiger partial charge in [0.25, 0.3) is 0 Å². The summed E-state index contributed by atoms with van der Waals surface area (Å²) in [6, 6.07) is 14.0. The van der Waals surface area contributed by atoms with Gasteiger partial charge in [-0.25, -0.2) is 0 Å². The Labute approximate surface area is 182 Å². The molecule has 1 N–H and O–H groups in total. The number of aliphatic hydroxyl groups excluding tert-OH is 1. The fourth-order valence-corrected chi connectivity index (χ4v) is 4.18. The SMILES string of the molecule is COc1ccc(-c2nnc(SC[C@H](O)COc3c(C)cccc3C)n2C(C)C)cc1. The summed E-state index contributed by atoms with van der Waals surface area (Å²) >= 11 is 1.48. The third kappa shape index (κ3) is 5.15. The summed E-state index contributed by atoms with van der Waals surface area (Å²) in [5.74, 6) is 2.92. The summed E-state index contributed by atoms with van der Waals surface area (Å²) in [5.41, 5.74) is 3.11. The Morgan fingerprint density at radius 3 is 2.30 bits per heavy atom. The zero-order chi connectivity index (χ0) is 21.7. The fraction of sp³-hybridized carbons (Fsp3) is 0.391. The molecule has 7 heteroatoms. The second-order valence-electron chi connectivity index (χ2n) is 7.50. The number of benzene rings is 2. The van der Waals surface area contributed by atoms with Gasteiger partial charge >= 0.3 is 0 Å². The molecule has 1 atom stereocenters. The van der Waals surface area contributed by atoms with Crippen molar-refractivity contribution in [2.24, 2.45) is 0 Å². The van der Waals surface area contributed by atoms with Crippen LogP contribution in [0.3, 0.4) is 0 Å². The molecule has 3 rings (SSSR count). The second-order valence-corrected chi connectivity index (χ2v) is 8.48. The number of thioether (sulfide) groups is 1. The molecule has 0 saturated carbocycles. The van der Waals surface area contributed by atoms with E-state index in [9.17, 15) is 5.11 Å². The van der Waals surface area contributed by atoms with Crippen LogP contribution in [0.4, 0.5) is 0 Å². The zero-order valence-electron chi connectivity index (χ0n) is 18.1. The summed E-state index contributed by atoms with van der Waals surface area (Å²) in [6.07, 6.45) is -0.615. The summed E-state index contributed by atoms with van der Waals surface area (Å²) in [6.45, 7) is 8.45. The molecule has 6 nitrogen and oxygen atoms in total. The van der Waals surface area contributed by atoms with E-state index in [1.807, 2.05) is 56.3 Å². The van der Waals surface area contributed by atoms with Gasteiger partial charge in [-0.2, -0.15) is 0 Å². The van der Waals surface area contributed by atoms with Gasteiger partial charge in [0, 0.05) is 17.4 Å². The Morgan fingerprint density at radius 1 is 1.03 bits per heavy atom. The minimum Gasteiger partial charge on any atom is -0.497 e. The van der Waals surface area contributed by atoms with Gasteiger partial charge in [-0.3, -0.25) is 4.57 Å². The first-order chi connectivity index (χ1) is 14.4. The van der Waals surface area contributed by atoms with Crippen LogP contribution in [0.5, 0.6) is 11.5 Å².